The maximum absolute atomic E-state index is 12.7. The van der Waals surface area contributed by atoms with Gasteiger partial charge in [-0.1, -0.05) is 31.6 Å². The van der Waals surface area contributed by atoms with Crippen LogP contribution in [0.4, 0.5) is 10.5 Å². The molecule has 1 aromatic heterocycles. The van der Waals surface area contributed by atoms with Crippen molar-refractivity contribution >= 4 is 35.0 Å². The molecule has 39 heavy (non-hydrogen) atoms. The largest absolute Gasteiger partial charge is 0.477 e. The van der Waals surface area contributed by atoms with Crippen molar-refractivity contribution in [3.05, 3.63) is 15.8 Å². The number of thiophene rings is 1. The summed E-state index contributed by atoms with van der Waals surface area (Å²) in [6, 6.07) is 1.65. The molecule has 2 aliphatic heterocycles. The topological polar surface area (TPSA) is 119 Å². The Hall–Kier alpha value is -2.77. The van der Waals surface area contributed by atoms with Crippen molar-refractivity contribution in [3.8, 4) is 11.8 Å². The fourth-order valence-electron chi connectivity index (χ4n) is 5.61. The smallest absolute Gasteiger partial charge is 0.410 e. The van der Waals surface area contributed by atoms with E-state index in [0.717, 1.165) is 37.0 Å². The van der Waals surface area contributed by atoms with Crippen LogP contribution in [0, 0.1) is 29.1 Å². The van der Waals surface area contributed by atoms with Crippen LogP contribution in [0.2, 0.25) is 0 Å². The summed E-state index contributed by atoms with van der Waals surface area (Å²) < 4.78 is 5.42. The Balaban J connectivity index is 1.57. The van der Waals surface area contributed by atoms with E-state index in [9.17, 15) is 24.6 Å². The second kappa shape index (κ2) is 12.2. The monoisotopic (exact) mass is 559 g/mol. The molecular formula is C29H41N3O6S. The van der Waals surface area contributed by atoms with E-state index < -0.39 is 24.4 Å². The van der Waals surface area contributed by atoms with E-state index in [2.05, 4.69) is 24.1 Å². The molecule has 9 nitrogen and oxygen atoms in total. The van der Waals surface area contributed by atoms with E-state index in [1.54, 1.807) is 11.0 Å². The normalized spacial score (nSPS) is 24.9. The molecule has 2 amide bonds. The minimum absolute atomic E-state index is 0.0377. The van der Waals surface area contributed by atoms with Gasteiger partial charge in [-0.25, -0.2) is 9.59 Å². The quantitative estimate of drug-likeness (QED) is 0.352. The Labute approximate surface area is 234 Å². The number of carboxylic acids is 1. The van der Waals surface area contributed by atoms with Crippen LogP contribution >= 0.6 is 11.3 Å². The van der Waals surface area contributed by atoms with Gasteiger partial charge in [-0.05, 0) is 58.4 Å². The molecule has 0 spiro atoms. The molecule has 0 bridgehead atoms. The number of nitrogens with zero attached hydrogens (tertiary/aromatic N) is 2. The number of carbonyl (C=O) groups excluding carboxylic acids is 2. The molecule has 1 aromatic rings. The number of carboxylic acid groups (broad SMARTS) is 1. The van der Waals surface area contributed by atoms with E-state index >= 15 is 0 Å². The number of aliphatic hydroxyl groups is 1. The number of hydrogen-bond acceptors (Lipinski definition) is 7. The average Bonchev–Trinajstić information content (AvgIpc) is 3.49. The third-order valence-corrected chi connectivity index (χ3v) is 8.90. The number of aliphatic hydroxyl groups excluding tert-OH is 1. The Morgan fingerprint density at radius 2 is 1.82 bits per heavy atom. The average molecular weight is 560 g/mol. The Bertz CT molecular complexity index is 1120. The number of piperidine rings is 1. The Morgan fingerprint density at radius 3 is 2.38 bits per heavy atom. The lowest BCUT2D eigenvalue weighted by molar-refractivity contribution is -0.126. The molecule has 3 fully saturated rings. The van der Waals surface area contributed by atoms with Crippen LogP contribution in [0.3, 0.4) is 0 Å². The summed E-state index contributed by atoms with van der Waals surface area (Å²) in [6.45, 7) is 9.53. The second-order valence-corrected chi connectivity index (χ2v) is 13.2. The first kappa shape index (κ1) is 29.2. The third kappa shape index (κ3) is 7.25. The van der Waals surface area contributed by atoms with E-state index in [-0.39, 0.29) is 28.2 Å². The Morgan fingerprint density at radius 1 is 1.15 bits per heavy atom. The molecule has 3 heterocycles. The first-order valence-corrected chi connectivity index (χ1v) is 14.8. The number of amides is 2. The fraction of sp³-hybridized carbons (Fsp3) is 0.690. The zero-order valence-corrected chi connectivity index (χ0v) is 24.2. The number of aromatic carboxylic acids is 1. The fourth-order valence-corrected chi connectivity index (χ4v) is 6.46. The highest BCUT2D eigenvalue weighted by atomic mass is 32.1. The summed E-state index contributed by atoms with van der Waals surface area (Å²) in [6.07, 6.45) is 3.31. The number of ether oxygens (including phenoxy) is 1. The minimum Gasteiger partial charge on any atom is -0.477 e. The van der Waals surface area contributed by atoms with Crippen molar-refractivity contribution in [1.82, 2.24) is 10.2 Å². The van der Waals surface area contributed by atoms with Gasteiger partial charge < -0.3 is 30.1 Å². The summed E-state index contributed by atoms with van der Waals surface area (Å²) in [5.74, 6) is 5.67. The molecule has 2 saturated heterocycles. The molecular weight excluding hydrogens is 518 g/mol. The third-order valence-electron chi connectivity index (χ3n) is 7.87. The highest BCUT2D eigenvalue weighted by Crippen LogP contribution is 2.39. The van der Waals surface area contributed by atoms with Crippen LogP contribution in [0.25, 0.3) is 0 Å². The summed E-state index contributed by atoms with van der Waals surface area (Å²) >= 11 is 1.14. The van der Waals surface area contributed by atoms with Gasteiger partial charge in [-0.15, -0.1) is 11.3 Å². The van der Waals surface area contributed by atoms with Crippen molar-refractivity contribution in [2.75, 3.05) is 24.5 Å². The molecule has 2 atom stereocenters. The van der Waals surface area contributed by atoms with Gasteiger partial charge >= 0.3 is 12.1 Å². The van der Waals surface area contributed by atoms with Crippen molar-refractivity contribution in [3.63, 3.8) is 0 Å². The lowest BCUT2D eigenvalue weighted by Gasteiger charge is -2.45. The maximum atomic E-state index is 12.7. The number of likely N-dealkylation sites (tertiary alicyclic amines) is 1. The molecule has 4 rings (SSSR count). The molecule has 10 heteroatoms. The SMILES string of the molecule is CC1CCC(C(O)N(c2cc(C#CC(C)(C)C)sc2C(=O)O)C2CCN(C(=O)OC3CCNC3=O)CC2)CC1. The number of rotatable bonds is 6. The van der Waals surface area contributed by atoms with Gasteiger partial charge in [0.2, 0.25) is 0 Å². The van der Waals surface area contributed by atoms with Gasteiger partial charge in [0.1, 0.15) is 11.1 Å². The summed E-state index contributed by atoms with van der Waals surface area (Å²) in [4.78, 5) is 41.2. The first-order chi connectivity index (χ1) is 18.4. The summed E-state index contributed by atoms with van der Waals surface area (Å²) in [5.41, 5.74) is 0.270. The van der Waals surface area contributed by atoms with Gasteiger partial charge in [0.05, 0.1) is 10.6 Å². The van der Waals surface area contributed by atoms with Gasteiger partial charge in [0.15, 0.2) is 6.10 Å². The van der Waals surface area contributed by atoms with E-state index in [1.807, 2.05) is 25.7 Å². The first-order valence-electron chi connectivity index (χ1n) is 14.0. The van der Waals surface area contributed by atoms with E-state index in [1.165, 1.54) is 0 Å². The van der Waals surface area contributed by atoms with Gasteiger partial charge in [0, 0.05) is 43.4 Å². The van der Waals surface area contributed by atoms with Gasteiger partial charge in [-0.3, -0.25) is 4.79 Å². The van der Waals surface area contributed by atoms with Crippen LogP contribution in [-0.2, 0) is 9.53 Å². The van der Waals surface area contributed by atoms with Crippen LogP contribution in [0.5, 0.6) is 0 Å². The van der Waals surface area contributed by atoms with Gasteiger partial charge in [0.25, 0.3) is 5.91 Å². The predicted octanol–water partition coefficient (Wildman–Crippen LogP) is 4.28. The zero-order valence-electron chi connectivity index (χ0n) is 23.4. The summed E-state index contributed by atoms with van der Waals surface area (Å²) in [5, 5.41) is 24.5. The lowest BCUT2D eigenvalue weighted by atomic mass is 9.81. The zero-order chi connectivity index (χ0) is 28.3. The molecule has 1 saturated carbocycles. The van der Waals surface area contributed by atoms with E-state index in [4.69, 9.17) is 4.74 Å². The number of carbonyl (C=O) groups is 3. The molecule has 2 unspecified atom stereocenters. The van der Waals surface area contributed by atoms with Crippen molar-refractivity contribution in [2.24, 2.45) is 17.3 Å². The van der Waals surface area contributed by atoms with Crippen LogP contribution in [0.15, 0.2) is 6.07 Å². The second-order valence-electron chi connectivity index (χ2n) is 12.1. The Kier molecular flexibility index (Phi) is 9.12. The van der Waals surface area contributed by atoms with Crippen LogP contribution in [-0.4, -0.2) is 71.1 Å². The standard InChI is InChI=1S/C29H41N3O6S/c1-18-5-7-19(8-6-18)26(34)32(22-17-21(9-13-29(2,3)4)39-24(22)27(35)36)20-11-15-31(16-12-20)28(37)38-23-10-14-30-25(23)33/h17-20,23,26,34H,5-8,10-12,14-16H2,1-4H3,(H,30,33)(H,35,36). The highest BCUT2D eigenvalue weighted by molar-refractivity contribution is 7.15. The molecule has 0 radical (unpaired) electrons. The molecule has 1 aliphatic carbocycles. The maximum Gasteiger partial charge on any atom is 0.410 e. The number of hydrogen-bond donors (Lipinski definition) is 3. The molecule has 3 aliphatic rings. The van der Waals surface area contributed by atoms with Crippen LogP contribution < -0.4 is 10.2 Å². The highest BCUT2D eigenvalue weighted by Gasteiger charge is 2.38. The predicted molar refractivity (Wildman–Crippen MR) is 150 cm³/mol. The molecule has 214 valence electrons. The molecule has 0 aromatic carbocycles. The van der Waals surface area contributed by atoms with Crippen molar-refractivity contribution in [1.29, 1.82) is 0 Å². The van der Waals surface area contributed by atoms with Gasteiger partial charge in [-0.2, -0.15) is 0 Å². The number of anilines is 1. The minimum atomic E-state index is -1.04. The number of nitrogens with one attached hydrogen (secondary N) is 1. The van der Waals surface area contributed by atoms with Crippen LogP contribution in [0.1, 0.15) is 87.2 Å². The summed E-state index contributed by atoms with van der Waals surface area (Å²) in [7, 11) is 0. The molecule has 3 N–H and O–H groups in total. The lowest BCUT2D eigenvalue weighted by Crippen LogP contribution is -2.53. The van der Waals surface area contributed by atoms with Crippen molar-refractivity contribution < 1.29 is 29.3 Å². The van der Waals surface area contributed by atoms with E-state index in [0.29, 0.717) is 55.4 Å². The van der Waals surface area contributed by atoms with Crippen molar-refractivity contribution in [2.45, 2.75) is 91.0 Å².